The van der Waals surface area contributed by atoms with Crippen molar-refractivity contribution in [3.8, 4) is 11.5 Å². The Morgan fingerprint density at radius 2 is 1.78 bits per heavy atom. The van der Waals surface area contributed by atoms with Gasteiger partial charge in [-0.1, -0.05) is 17.7 Å². The zero-order chi connectivity index (χ0) is 16.8. The first-order valence-corrected chi connectivity index (χ1v) is 6.97. The molecule has 0 atom stereocenters. The summed E-state index contributed by atoms with van der Waals surface area (Å²) in [5, 5.41) is 2.80. The molecule has 0 aliphatic carbocycles. The number of benzene rings is 2. The number of ether oxygens (including phenoxy) is 2. The monoisotopic (exact) mass is 314 g/mol. The molecule has 2 aromatic rings. The predicted octanol–water partition coefficient (Wildman–Crippen LogP) is 2.12. The fourth-order valence-electron chi connectivity index (χ4n) is 1.92. The molecule has 0 saturated carbocycles. The van der Waals surface area contributed by atoms with Crippen LogP contribution in [0.5, 0.6) is 11.5 Å². The number of aryl methyl sites for hydroxylation is 1. The van der Waals surface area contributed by atoms with Crippen LogP contribution in [0.15, 0.2) is 42.5 Å². The van der Waals surface area contributed by atoms with Gasteiger partial charge in [-0.05, 0) is 37.3 Å². The summed E-state index contributed by atoms with van der Waals surface area (Å²) in [5.74, 6) is -0.164. The van der Waals surface area contributed by atoms with Crippen molar-refractivity contribution in [3.05, 3.63) is 53.6 Å². The van der Waals surface area contributed by atoms with Crippen LogP contribution >= 0.6 is 0 Å². The molecule has 0 aromatic heterocycles. The van der Waals surface area contributed by atoms with Gasteiger partial charge in [-0.2, -0.15) is 0 Å². The Balaban J connectivity index is 2.14. The summed E-state index contributed by atoms with van der Waals surface area (Å²) in [6.07, 6.45) is 0. The number of primary amides is 1. The van der Waals surface area contributed by atoms with Crippen LogP contribution in [-0.2, 0) is 4.79 Å². The van der Waals surface area contributed by atoms with Crippen LogP contribution in [0.3, 0.4) is 0 Å². The van der Waals surface area contributed by atoms with E-state index in [9.17, 15) is 9.59 Å². The van der Waals surface area contributed by atoms with Gasteiger partial charge in [0.05, 0.1) is 7.11 Å². The highest BCUT2D eigenvalue weighted by molar-refractivity contribution is 6.04. The Labute approximate surface area is 134 Å². The molecule has 0 saturated heterocycles. The smallest absolute Gasteiger partial charge is 0.255 e. The second kappa shape index (κ2) is 7.31. The molecule has 0 radical (unpaired) electrons. The van der Waals surface area contributed by atoms with Crippen molar-refractivity contribution in [2.24, 2.45) is 5.73 Å². The number of amides is 2. The Hall–Kier alpha value is -3.02. The van der Waals surface area contributed by atoms with E-state index in [0.29, 0.717) is 22.7 Å². The van der Waals surface area contributed by atoms with Crippen LogP contribution in [0.1, 0.15) is 15.9 Å². The van der Waals surface area contributed by atoms with Crippen molar-refractivity contribution in [1.29, 1.82) is 0 Å². The number of rotatable bonds is 6. The fourth-order valence-corrected chi connectivity index (χ4v) is 1.92. The first kappa shape index (κ1) is 16.4. The number of anilines is 1. The van der Waals surface area contributed by atoms with E-state index >= 15 is 0 Å². The van der Waals surface area contributed by atoms with E-state index in [1.807, 2.05) is 31.2 Å². The summed E-state index contributed by atoms with van der Waals surface area (Å²) < 4.78 is 10.4. The summed E-state index contributed by atoms with van der Waals surface area (Å²) in [7, 11) is 1.45. The molecular formula is C17H18N2O4. The maximum Gasteiger partial charge on any atom is 0.255 e. The summed E-state index contributed by atoms with van der Waals surface area (Å²) >= 11 is 0. The van der Waals surface area contributed by atoms with Crippen molar-refractivity contribution < 1.29 is 19.1 Å². The lowest BCUT2D eigenvalue weighted by molar-refractivity contribution is -0.119. The van der Waals surface area contributed by atoms with Crippen molar-refractivity contribution in [1.82, 2.24) is 0 Å². The van der Waals surface area contributed by atoms with Crippen LogP contribution < -0.4 is 20.5 Å². The molecule has 23 heavy (non-hydrogen) atoms. The number of nitrogens with two attached hydrogens (primary N) is 1. The summed E-state index contributed by atoms with van der Waals surface area (Å²) in [6, 6.07) is 12.2. The van der Waals surface area contributed by atoms with Crippen molar-refractivity contribution in [2.75, 3.05) is 19.0 Å². The van der Waals surface area contributed by atoms with Gasteiger partial charge in [0.1, 0.15) is 0 Å². The molecule has 0 aliphatic heterocycles. The fraction of sp³-hybridized carbons (Fsp3) is 0.176. The van der Waals surface area contributed by atoms with Gasteiger partial charge >= 0.3 is 0 Å². The van der Waals surface area contributed by atoms with Crippen LogP contribution in [-0.4, -0.2) is 25.5 Å². The maximum absolute atomic E-state index is 12.3. The molecule has 0 fully saturated rings. The second-order valence-corrected chi connectivity index (χ2v) is 4.94. The molecule has 0 bridgehead atoms. The quantitative estimate of drug-likeness (QED) is 0.854. The van der Waals surface area contributed by atoms with E-state index in [-0.39, 0.29) is 12.5 Å². The highest BCUT2D eigenvalue weighted by Gasteiger charge is 2.12. The molecule has 3 N–H and O–H groups in total. The summed E-state index contributed by atoms with van der Waals surface area (Å²) in [5.41, 5.74) is 7.26. The molecule has 6 nitrogen and oxygen atoms in total. The molecule has 2 aromatic carbocycles. The van der Waals surface area contributed by atoms with Gasteiger partial charge in [-0.25, -0.2) is 0 Å². The van der Waals surface area contributed by atoms with Gasteiger partial charge in [0.25, 0.3) is 11.8 Å². The minimum absolute atomic E-state index is 0.259. The molecule has 0 aliphatic rings. The van der Waals surface area contributed by atoms with Crippen molar-refractivity contribution in [3.63, 3.8) is 0 Å². The highest BCUT2D eigenvalue weighted by atomic mass is 16.5. The molecule has 0 spiro atoms. The highest BCUT2D eigenvalue weighted by Crippen LogP contribution is 2.28. The van der Waals surface area contributed by atoms with Crippen molar-refractivity contribution in [2.45, 2.75) is 6.92 Å². The normalized spacial score (nSPS) is 10.0. The van der Waals surface area contributed by atoms with Gasteiger partial charge in [0.15, 0.2) is 18.1 Å². The topological polar surface area (TPSA) is 90.7 Å². The Morgan fingerprint density at radius 3 is 2.39 bits per heavy atom. The van der Waals surface area contributed by atoms with Crippen molar-refractivity contribution >= 4 is 17.5 Å². The molecule has 0 unspecified atom stereocenters. The molecule has 120 valence electrons. The van der Waals surface area contributed by atoms with E-state index in [1.54, 1.807) is 18.2 Å². The van der Waals surface area contributed by atoms with E-state index in [1.165, 1.54) is 7.11 Å². The molecule has 0 heterocycles. The second-order valence-electron chi connectivity index (χ2n) is 4.94. The van der Waals surface area contributed by atoms with E-state index in [4.69, 9.17) is 15.2 Å². The lowest BCUT2D eigenvalue weighted by Gasteiger charge is -2.11. The molecule has 2 rings (SSSR count). The van der Waals surface area contributed by atoms with Gasteiger partial charge in [-0.15, -0.1) is 0 Å². The maximum atomic E-state index is 12.3. The zero-order valence-corrected chi connectivity index (χ0v) is 13.0. The molecular weight excluding hydrogens is 296 g/mol. The van der Waals surface area contributed by atoms with Crippen LogP contribution in [0, 0.1) is 6.92 Å². The SMILES string of the molecule is COc1cc(C(=O)Nc2ccc(C)cc2)ccc1OCC(N)=O. The zero-order valence-electron chi connectivity index (χ0n) is 13.0. The van der Waals surface area contributed by atoms with Gasteiger partial charge < -0.3 is 20.5 Å². The Bertz CT molecular complexity index is 711. The summed E-state index contributed by atoms with van der Waals surface area (Å²) in [6.45, 7) is 1.71. The number of hydrogen-bond donors (Lipinski definition) is 2. The number of carbonyl (C=O) groups excluding carboxylic acids is 2. The number of carbonyl (C=O) groups is 2. The third kappa shape index (κ3) is 4.47. The van der Waals surface area contributed by atoms with Gasteiger partial charge in [0.2, 0.25) is 0 Å². The Morgan fingerprint density at radius 1 is 1.09 bits per heavy atom. The first-order chi connectivity index (χ1) is 11.0. The molecule has 2 amide bonds. The third-order valence-electron chi connectivity index (χ3n) is 3.11. The summed E-state index contributed by atoms with van der Waals surface area (Å²) in [4.78, 5) is 23.0. The third-order valence-corrected chi connectivity index (χ3v) is 3.11. The average molecular weight is 314 g/mol. The van der Waals surface area contributed by atoms with Crippen LogP contribution in [0.4, 0.5) is 5.69 Å². The lowest BCUT2D eigenvalue weighted by Crippen LogP contribution is -2.20. The average Bonchev–Trinajstić information content (AvgIpc) is 2.54. The van der Waals surface area contributed by atoms with Crippen LogP contribution in [0.2, 0.25) is 0 Å². The molecule has 6 heteroatoms. The van der Waals surface area contributed by atoms with Gasteiger partial charge in [-0.3, -0.25) is 9.59 Å². The predicted molar refractivity (Wildman–Crippen MR) is 86.8 cm³/mol. The van der Waals surface area contributed by atoms with E-state index in [2.05, 4.69) is 5.32 Å². The first-order valence-electron chi connectivity index (χ1n) is 6.97. The number of hydrogen-bond acceptors (Lipinski definition) is 4. The standard InChI is InChI=1S/C17H18N2O4/c1-11-3-6-13(7-4-11)19-17(21)12-5-8-14(15(9-12)22-2)23-10-16(18)20/h3-9H,10H2,1-2H3,(H2,18,20)(H,19,21). The number of methoxy groups -OCH3 is 1. The van der Waals surface area contributed by atoms with Gasteiger partial charge in [0, 0.05) is 11.3 Å². The van der Waals surface area contributed by atoms with E-state index in [0.717, 1.165) is 5.56 Å². The van der Waals surface area contributed by atoms with Crippen LogP contribution in [0.25, 0.3) is 0 Å². The van der Waals surface area contributed by atoms with E-state index < -0.39 is 5.91 Å². The minimum Gasteiger partial charge on any atom is -0.493 e. The number of nitrogens with one attached hydrogen (secondary N) is 1. The Kier molecular flexibility index (Phi) is 5.19. The largest absolute Gasteiger partial charge is 0.493 e. The lowest BCUT2D eigenvalue weighted by atomic mass is 10.1. The minimum atomic E-state index is -0.590.